The molecule has 1 amide bonds. The van der Waals surface area contributed by atoms with Crippen molar-refractivity contribution in [2.75, 3.05) is 13.1 Å². The van der Waals surface area contributed by atoms with Crippen LogP contribution in [0.4, 0.5) is 13.2 Å². The highest BCUT2D eigenvalue weighted by molar-refractivity contribution is 5.77. The fourth-order valence-electron chi connectivity index (χ4n) is 3.69. The highest BCUT2D eigenvalue weighted by atomic mass is 19.4. The predicted molar refractivity (Wildman–Crippen MR) is 106 cm³/mol. The molecule has 0 unspecified atom stereocenters. The predicted octanol–water partition coefficient (Wildman–Crippen LogP) is 2.14. The minimum absolute atomic E-state index is 0.234. The molecule has 0 saturated carbocycles. The van der Waals surface area contributed by atoms with Crippen molar-refractivity contribution in [3.63, 3.8) is 0 Å². The summed E-state index contributed by atoms with van der Waals surface area (Å²) in [4.78, 5) is 29.7. The normalized spacial score (nSPS) is 16.9. The average molecular weight is 454 g/mol. The molecule has 1 saturated heterocycles. The molecule has 4 heterocycles. The Labute approximate surface area is 182 Å². The van der Waals surface area contributed by atoms with E-state index in [1.807, 2.05) is 17.9 Å². The Morgan fingerprint density at radius 2 is 1.88 bits per heavy atom. The minimum atomic E-state index is -5.08. The van der Waals surface area contributed by atoms with Crippen molar-refractivity contribution < 1.29 is 27.9 Å². The quantitative estimate of drug-likeness (QED) is 0.755. The minimum Gasteiger partial charge on any atom is -0.475 e. The number of halogens is 3. The summed E-state index contributed by atoms with van der Waals surface area (Å²) in [6.45, 7) is 6.98. The maximum Gasteiger partial charge on any atom is 0.490 e. The lowest BCUT2D eigenvalue weighted by Crippen LogP contribution is -2.26. The summed E-state index contributed by atoms with van der Waals surface area (Å²) < 4.78 is 33.9. The second-order valence-corrected chi connectivity index (χ2v) is 7.74. The number of hydrogen-bond donors (Lipinski definition) is 1. The van der Waals surface area contributed by atoms with Gasteiger partial charge in [-0.3, -0.25) is 14.7 Å². The van der Waals surface area contributed by atoms with Gasteiger partial charge in [0.05, 0.1) is 18.8 Å². The number of carboxylic acids is 1. The van der Waals surface area contributed by atoms with Gasteiger partial charge in [0.15, 0.2) is 5.82 Å². The monoisotopic (exact) mass is 454 g/mol. The molecule has 0 bridgehead atoms. The molecule has 0 radical (unpaired) electrons. The molecule has 1 fully saturated rings. The van der Waals surface area contributed by atoms with Gasteiger partial charge in [-0.1, -0.05) is 6.07 Å². The first kappa shape index (κ1) is 23.6. The third kappa shape index (κ3) is 6.25. The zero-order valence-electron chi connectivity index (χ0n) is 17.7. The molecule has 0 atom stereocenters. The van der Waals surface area contributed by atoms with E-state index in [9.17, 15) is 18.0 Å². The van der Waals surface area contributed by atoms with Crippen LogP contribution in [0.5, 0.6) is 0 Å². The Kier molecular flexibility index (Phi) is 7.44. The summed E-state index contributed by atoms with van der Waals surface area (Å²) in [5, 5.41) is 15.9. The van der Waals surface area contributed by atoms with Crippen molar-refractivity contribution in [1.82, 2.24) is 29.5 Å². The molecule has 1 N–H and O–H groups in total. The van der Waals surface area contributed by atoms with Crippen molar-refractivity contribution in [2.24, 2.45) is 0 Å². The third-order valence-electron chi connectivity index (χ3n) is 5.20. The van der Waals surface area contributed by atoms with E-state index in [4.69, 9.17) is 9.90 Å². The third-order valence-corrected chi connectivity index (χ3v) is 5.20. The van der Waals surface area contributed by atoms with Crippen LogP contribution in [0.15, 0.2) is 18.2 Å². The Balaban J connectivity index is 0.000000360. The summed E-state index contributed by atoms with van der Waals surface area (Å²) >= 11 is 0. The van der Waals surface area contributed by atoms with E-state index < -0.39 is 12.1 Å². The first-order valence-electron chi connectivity index (χ1n) is 10.3. The molecule has 12 heteroatoms. The van der Waals surface area contributed by atoms with E-state index in [2.05, 4.69) is 36.8 Å². The van der Waals surface area contributed by atoms with Crippen LogP contribution in [0.1, 0.15) is 42.3 Å². The van der Waals surface area contributed by atoms with Crippen molar-refractivity contribution >= 4 is 11.9 Å². The zero-order valence-corrected chi connectivity index (χ0v) is 17.7. The Morgan fingerprint density at radius 3 is 2.50 bits per heavy atom. The molecule has 174 valence electrons. The fourth-order valence-corrected chi connectivity index (χ4v) is 3.69. The van der Waals surface area contributed by atoms with Crippen molar-refractivity contribution in [2.45, 2.75) is 58.5 Å². The highest BCUT2D eigenvalue weighted by Gasteiger charge is 2.38. The van der Waals surface area contributed by atoms with Crippen LogP contribution >= 0.6 is 0 Å². The number of amides is 1. The van der Waals surface area contributed by atoms with Gasteiger partial charge in [0.2, 0.25) is 5.91 Å². The molecule has 4 rings (SSSR count). The van der Waals surface area contributed by atoms with Gasteiger partial charge in [-0.25, -0.2) is 4.79 Å². The molecule has 9 nitrogen and oxygen atoms in total. The lowest BCUT2D eigenvalue weighted by atomic mass is 10.3. The van der Waals surface area contributed by atoms with E-state index in [0.29, 0.717) is 13.0 Å². The lowest BCUT2D eigenvalue weighted by Gasteiger charge is -2.18. The number of aliphatic carboxylic acids is 1. The first-order valence-corrected chi connectivity index (χ1v) is 10.3. The first-order chi connectivity index (χ1) is 15.1. The van der Waals surface area contributed by atoms with E-state index >= 15 is 0 Å². The average Bonchev–Trinajstić information content (AvgIpc) is 3.22. The van der Waals surface area contributed by atoms with E-state index in [1.165, 1.54) is 0 Å². The summed E-state index contributed by atoms with van der Waals surface area (Å²) in [5.74, 6) is -0.613. The number of likely N-dealkylation sites (tertiary alicyclic amines) is 1. The van der Waals surface area contributed by atoms with Gasteiger partial charge in [-0.2, -0.15) is 13.2 Å². The zero-order chi connectivity index (χ0) is 23.3. The summed E-state index contributed by atoms with van der Waals surface area (Å²) in [7, 11) is 0. The fraction of sp³-hybridized carbons (Fsp3) is 0.550. The van der Waals surface area contributed by atoms with Gasteiger partial charge < -0.3 is 14.6 Å². The van der Waals surface area contributed by atoms with Gasteiger partial charge in [0.1, 0.15) is 5.82 Å². The standard InChI is InChI=1S/C18H24N6O.C2HF3O2/c1-14-5-2-6-15(19-14)11-22-8-4-10-24-16(12-22)20-21-17(24)13-23-9-3-7-18(23)25;3-2(4,5)1(6)7/h2,5-6H,3-4,7-13H2,1H3;(H,6,7). The molecule has 32 heavy (non-hydrogen) atoms. The second-order valence-electron chi connectivity index (χ2n) is 7.74. The van der Waals surface area contributed by atoms with Crippen LogP contribution in [-0.2, 0) is 35.8 Å². The second kappa shape index (κ2) is 10.1. The number of nitrogens with zero attached hydrogens (tertiary/aromatic N) is 6. The molecule has 2 aliphatic heterocycles. The molecule has 2 aromatic heterocycles. The lowest BCUT2D eigenvalue weighted by molar-refractivity contribution is -0.192. The molecule has 2 aliphatic rings. The number of fused-ring (bicyclic) bond motifs is 1. The van der Waals surface area contributed by atoms with Crippen LogP contribution in [0.3, 0.4) is 0 Å². The van der Waals surface area contributed by atoms with Crippen LogP contribution in [0.2, 0.25) is 0 Å². The van der Waals surface area contributed by atoms with Gasteiger partial charge in [0, 0.05) is 38.3 Å². The molecular formula is C20H25F3N6O3. The number of aryl methyl sites for hydroxylation is 1. The van der Waals surface area contributed by atoms with Crippen LogP contribution in [-0.4, -0.2) is 65.8 Å². The summed E-state index contributed by atoms with van der Waals surface area (Å²) in [6, 6.07) is 6.16. The molecule has 0 aromatic carbocycles. The smallest absolute Gasteiger partial charge is 0.475 e. The number of carboxylic acid groups (broad SMARTS) is 1. The maximum atomic E-state index is 11.9. The Bertz CT molecular complexity index is 962. The molecular weight excluding hydrogens is 429 g/mol. The maximum absolute atomic E-state index is 11.9. The summed E-state index contributed by atoms with van der Waals surface area (Å²) in [6.07, 6.45) is -2.41. The van der Waals surface area contributed by atoms with Crippen LogP contribution in [0.25, 0.3) is 0 Å². The van der Waals surface area contributed by atoms with E-state index in [-0.39, 0.29) is 5.91 Å². The molecule has 0 aliphatic carbocycles. The van der Waals surface area contributed by atoms with Crippen molar-refractivity contribution in [1.29, 1.82) is 0 Å². The number of rotatable bonds is 4. The highest BCUT2D eigenvalue weighted by Crippen LogP contribution is 2.18. The number of pyridine rings is 1. The van der Waals surface area contributed by atoms with Crippen molar-refractivity contribution in [3.8, 4) is 0 Å². The van der Waals surface area contributed by atoms with E-state index in [0.717, 1.165) is 68.6 Å². The molecule has 2 aromatic rings. The van der Waals surface area contributed by atoms with Gasteiger partial charge in [-0.05, 0) is 31.9 Å². The SMILES string of the molecule is Cc1cccc(CN2CCCn3c(nnc3CN3CCCC3=O)C2)n1.O=C(O)C(F)(F)F. The number of alkyl halides is 3. The van der Waals surface area contributed by atoms with Crippen molar-refractivity contribution in [3.05, 3.63) is 41.2 Å². The molecule has 0 spiro atoms. The van der Waals surface area contributed by atoms with E-state index in [1.54, 1.807) is 0 Å². The summed E-state index contributed by atoms with van der Waals surface area (Å²) in [5.41, 5.74) is 2.14. The number of hydrogen-bond acceptors (Lipinski definition) is 6. The largest absolute Gasteiger partial charge is 0.490 e. The van der Waals surface area contributed by atoms with Crippen LogP contribution in [0, 0.1) is 6.92 Å². The Morgan fingerprint density at radius 1 is 1.12 bits per heavy atom. The van der Waals surface area contributed by atoms with Gasteiger partial charge in [0.25, 0.3) is 0 Å². The Hall–Kier alpha value is -3.02. The number of carbonyl (C=O) groups excluding carboxylic acids is 1. The van der Waals surface area contributed by atoms with Crippen LogP contribution < -0.4 is 0 Å². The van der Waals surface area contributed by atoms with Gasteiger partial charge in [-0.15, -0.1) is 10.2 Å². The topological polar surface area (TPSA) is 104 Å². The number of carbonyl (C=O) groups is 2. The van der Waals surface area contributed by atoms with Gasteiger partial charge >= 0.3 is 12.1 Å². The number of aromatic nitrogens is 4.